The fraction of sp³-hybridized carbons (Fsp3) is 0.389. The van der Waals surface area contributed by atoms with Crippen LogP contribution in [-0.2, 0) is 19.1 Å². The summed E-state index contributed by atoms with van der Waals surface area (Å²) in [5.74, 6) is -0.409. The number of nitrogens with one attached hydrogen (secondary N) is 1. The lowest BCUT2D eigenvalue weighted by molar-refractivity contribution is -0.148. The van der Waals surface area contributed by atoms with Crippen molar-refractivity contribution in [1.82, 2.24) is 10.2 Å². The second-order valence-electron chi connectivity index (χ2n) is 6.27. The van der Waals surface area contributed by atoms with Crippen LogP contribution in [0.3, 0.4) is 0 Å². The molecule has 27 heavy (non-hydrogen) atoms. The summed E-state index contributed by atoms with van der Waals surface area (Å²) < 4.78 is 15.4. The van der Waals surface area contributed by atoms with Gasteiger partial charge in [-0.15, -0.1) is 0 Å². The molecule has 2 amide bonds. The Hall–Kier alpha value is -2.74. The number of halogens is 1. The maximum absolute atomic E-state index is 11.9. The summed E-state index contributed by atoms with van der Waals surface area (Å²) in [5.41, 5.74) is 0.626. The Morgan fingerprint density at radius 3 is 2.85 bits per heavy atom. The predicted octanol–water partition coefficient (Wildman–Crippen LogP) is 1.36. The van der Waals surface area contributed by atoms with Crippen molar-refractivity contribution in [3.8, 4) is 11.5 Å². The Morgan fingerprint density at radius 1 is 1.33 bits per heavy atom. The number of likely N-dealkylation sites (N-methyl/N-ethyl adjacent to an activating group) is 1. The van der Waals surface area contributed by atoms with Crippen LogP contribution in [0.4, 0.5) is 0 Å². The number of hydrogen-bond donors (Lipinski definition) is 1. The number of amides is 2. The average molecular weight is 395 g/mol. The molecule has 0 spiro atoms. The van der Waals surface area contributed by atoms with Crippen molar-refractivity contribution in [2.45, 2.75) is 18.9 Å². The van der Waals surface area contributed by atoms with Gasteiger partial charge in [-0.25, -0.2) is 4.79 Å². The summed E-state index contributed by atoms with van der Waals surface area (Å²) in [4.78, 5) is 36.6. The fourth-order valence-corrected chi connectivity index (χ4v) is 2.62. The highest BCUT2D eigenvalue weighted by atomic mass is 35.5. The quantitative estimate of drug-likeness (QED) is 0.554. The molecular formula is C18H19ClN2O6. The molecule has 1 aliphatic heterocycles. The lowest BCUT2D eigenvalue weighted by Crippen LogP contribution is -2.40. The molecule has 1 aromatic carbocycles. The van der Waals surface area contributed by atoms with E-state index in [1.165, 1.54) is 24.1 Å². The number of carbonyl (C=O) groups excluding carboxylic acids is 3. The lowest BCUT2D eigenvalue weighted by Gasteiger charge is -2.16. The predicted molar refractivity (Wildman–Crippen MR) is 96.4 cm³/mol. The minimum absolute atomic E-state index is 0.0710. The lowest BCUT2D eigenvalue weighted by atomic mass is 10.2. The molecule has 9 heteroatoms. The van der Waals surface area contributed by atoms with Gasteiger partial charge in [-0.05, 0) is 36.6 Å². The second-order valence-corrected chi connectivity index (χ2v) is 6.68. The standard InChI is InChI=1S/C18H19ClN2O6/c1-21(8-15(22)20-12-3-4-12)16(23)9-25-17(24)5-2-11-6-13(19)18-14(7-11)26-10-27-18/h2,5-7,12H,3-4,8-10H2,1H3,(H,20,22)/b5-2+. The van der Waals surface area contributed by atoms with Gasteiger partial charge in [0.25, 0.3) is 5.91 Å². The van der Waals surface area contributed by atoms with Gasteiger partial charge >= 0.3 is 5.97 Å². The Labute approximate surface area is 161 Å². The summed E-state index contributed by atoms with van der Waals surface area (Å²) in [6, 6.07) is 3.53. The molecule has 0 bridgehead atoms. The topological polar surface area (TPSA) is 94.2 Å². The molecule has 8 nitrogen and oxygen atoms in total. The highest BCUT2D eigenvalue weighted by Crippen LogP contribution is 2.40. The van der Waals surface area contributed by atoms with Crippen molar-refractivity contribution in [2.75, 3.05) is 27.0 Å². The first kappa shape index (κ1) is 19.0. The van der Waals surface area contributed by atoms with E-state index in [9.17, 15) is 14.4 Å². The van der Waals surface area contributed by atoms with Gasteiger partial charge < -0.3 is 24.4 Å². The molecule has 144 valence electrons. The molecule has 1 fully saturated rings. The maximum Gasteiger partial charge on any atom is 0.331 e. The van der Waals surface area contributed by atoms with Gasteiger partial charge in [0.1, 0.15) is 0 Å². The van der Waals surface area contributed by atoms with Crippen LogP contribution in [-0.4, -0.2) is 55.7 Å². The number of benzene rings is 1. The number of nitrogens with zero attached hydrogens (tertiary/aromatic N) is 1. The minimum atomic E-state index is -0.687. The van der Waals surface area contributed by atoms with Gasteiger partial charge in [0, 0.05) is 19.2 Å². The first-order chi connectivity index (χ1) is 12.9. The van der Waals surface area contributed by atoms with Crippen molar-refractivity contribution >= 4 is 35.5 Å². The molecule has 1 saturated carbocycles. The zero-order valence-electron chi connectivity index (χ0n) is 14.7. The smallest absolute Gasteiger partial charge is 0.331 e. The Bertz CT molecular complexity index is 790. The van der Waals surface area contributed by atoms with Gasteiger partial charge in [0.2, 0.25) is 12.7 Å². The van der Waals surface area contributed by atoms with Gasteiger partial charge in [0.05, 0.1) is 11.6 Å². The molecule has 0 saturated heterocycles. The molecule has 1 aliphatic carbocycles. The van der Waals surface area contributed by atoms with Crippen molar-refractivity contribution in [2.24, 2.45) is 0 Å². The number of carbonyl (C=O) groups is 3. The van der Waals surface area contributed by atoms with E-state index in [4.69, 9.17) is 25.8 Å². The number of rotatable bonds is 7. The second kappa shape index (κ2) is 8.30. The van der Waals surface area contributed by atoms with Crippen LogP contribution in [0.15, 0.2) is 18.2 Å². The monoisotopic (exact) mass is 394 g/mol. The van der Waals surface area contributed by atoms with E-state index in [1.807, 2.05) is 0 Å². The summed E-state index contributed by atoms with van der Waals surface area (Å²) in [6.45, 7) is -0.421. The third-order valence-corrected chi connectivity index (χ3v) is 4.23. The molecule has 2 aliphatic rings. The molecule has 0 atom stereocenters. The number of ether oxygens (including phenoxy) is 3. The molecule has 0 aromatic heterocycles. The molecule has 0 radical (unpaired) electrons. The summed E-state index contributed by atoms with van der Waals surface area (Å²) in [7, 11) is 1.48. The Morgan fingerprint density at radius 2 is 2.11 bits per heavy atom. The third kappa shape index (κ3) is 5.37. The first-order valence-electron chi connectivity index (χ1n) is 8.39. The molecule has 1 aromatic rings. The number of hydrogen-bond acceptors (Lipinski definition) is 6. The molecular weight excluding hydrogens is 376 g/mol. The van der Waals surface area contributed by atoms with Crippen molar-refractivity contribution < 1.29 is 28.6 Å². The van der Waals surface area contributed by atoms with Crippen LogP contribution in [0.2, 0.25) is 5.02 Å². The fourth-order valence-electron chi connectivity index (χ4n) is 2.34. The largest absolute Gasteiger partial charge is 0.454 e. The van der Waals surface area contributed by atoms with Crippen molar-refractivity contribution in [3.63, 3.8) is 0 Å². The van der Waals surface area contributed by atoms with E-state index < -0.39 is 18.5 Å². The molecule has 3 rings (SSSR count). The van der Waals surface area contributed by atoms with E-state index in [-0.39, 0.29) is 25.3 Å². The van der Waals surface area contributed by atoms with Crippen molar-refractivity contribution in [1.29, 1.82) is 0 Å². The molecule has 0 unspecified atom stereocenters. The normalized spacial score (nSPS) is 14.9. The maximum atomic E-state index is 11.9. The third-order valence-electron chi connectivity index (χ3n) is 3.95. The Kier molecular flexibility index (Phi) is 5.85. The molecule has 1 N–H and O–H groups in total. The zero-order chi connectivity index (χ0) is 19.4. The van der Waals surface area contributed by atoms with Crippen LogP contribution in [0.5, 0.6) is 11.5 Å². The SMILES string of the molecule is CN(CC(=O)NC1CC1)C(=O)COC(=O)/C=C/c1cc(Cl)c2c(c1)OCO2. The van der Waals surface area contributed by atoms with E-state index in [0.717, 1.165) is 12.8 Å². The van der Waals surface area contributed by atoms with Crippen LogP contribution in [0, 0.1) is 0 Å². The highest BCUT2D eigenvalue weighted by molar-refractivity contribution is 6.32. The molecule has 1 heterocycles. The van der Waals surface area contributed by atoms with Crippen LogP contribution in [0.25, 0.3) is 6.08 Å². The van der Waals surface area contributed by atoms with Gasteiger partial charge in [-0.3, -0.25) is 9.59 Å². The van der Waals surface area contributed by atoms with E-state index >= 15 is 0 Å². The Balaban J connectivity index is 1.44. The van der Waals surface area contributed by atoms with Gasteiger partial charge in [-0.2, -0.15) is 0 Å². The average Bonchev–Trinajstić information content (AvgIpc) is 3.30. The zero-order valence-corrected chi connectivity index (χ0v) is 15.5. The van der Waals surface area contributed by atoms with Crippen LogP contribution >= 0.6 is 11.6 Å². The summed E-state index contributed by atoms with van der Waals surface area (Å²) in [6.07, 6.45) is 4.62. The summed E-state index contributed by atoms with van der Waals surface area (Å²) in [5, 5.41) is 3.16. The first-order valence-corrected chi connectivity index (χ1v) is 8.77. The van der Waals surface area contributed by atoms with Gasteiger partial charge in [0.15, 0.2) is 18.1 Å². The minimum Gasteiger partial charge on any atom is -0.454 e. The van der Waals surface area contributed by atoms with E-state index in [1.54, 1.807) is 12.1 Å². The van der Waals surface area contributed by atoms with Crippen molar-refractivity contribution in [3.05, 3.63) is 28.8 Å². The van der Waals surface area contributed by atoms with Gasteiger partial charge in [-0.1, -0.05) is 11.6 Å². The van der Waals surface area contributed by atoms with E-state index in [2.05, 4.69) is 5.32 Å². The van der Waals surface area contributed by atoms with Crippen LogP contribution in [0.1, 0.15) is 18.4 Å². The highest BCUT2D eigenvalue weighted by Gasteiger charge is 2.24. The number of fused-ring (bicyclic) bond motifs is 1. The van der Waals surface area contributed by atoms with E-state index in [0.29, 0.717) is 22.1 Å². The number of esters is 1. The summed E-state index contributed by atoms with van der Waals surface area (Å²) >= 11 is 6.07. The van der Waals surface area contributed by atoms with Crippen LogP contribution < -0.4 is 14.8 Å².